The molecule has 0 N–H and O–H groups in total. The Morgan fingerprint density at radius 3 is 2.48 bits per heavy atom. The fraction of sp³-hybridized carbons (Fsp3) is 0.412. The molecule has 0 unspecified atom stereocenters. The van der Waals surface area contributed by atoms with Gasteiger partial charge in [-0.05, 0) is 19.1 Å². The Morgan fingerprint density at radius 2 is 1.87 bits per heavy atom. The quantitative estimate of drug-likeness (QED) is 0.865. The summed E-state index contributed by atoms with van der Waals surface area (Å²) < 4.78 is 7.16. The molecule has 0 atom stereocenters. The van der Waals surface area contributed by atoms with Crippen LogP contribution in [0.5, 0.6) is 5.75 Å². The Morgan fingerprint density at radius 1 is 1.17 bits per heavy atom. The van der Waals surface area contributed by atoms with Crippen LogP contribution < -0.4 is 9.64 Å². The summed E-state index contributed by atoms with van der Waals surface area (Å²) in [6.45, 7) is 4.92. The van der Waals surface area contributed by atoms with E-state index in [4.69, 9.17) is 4.74 Å². The highest BCUT2D eigenvalue weighted by Gasteiger charge is 2.25. The van der Waals surface area contributed by atoms with Gasteiger partial charge in [-0.2, -0.15) is 5.10 Å². The number of hydrogen-bond donors (Lipinski definition) is 0. The molecule has 0 aliphatic carbocycles. The first-order valence-corrected chi connectivity index (χ1v) is 7.77. The van der Waals surface area contributed by atoms with Gasteiger partial charge < -0.3 is 14.5 Å². The number of aromatic nitrogens is 2. The van der Waals surface area contributed by atoms with Crippen molar-refractivity contribution in [1.82, 2.24) is 14.7 Å². The minimum absolute atomic E-state index is 0.0651. The monoisotopic (exact) mass is 314 g/mol. The largest absolute Gasteiger partial charge is 0.495 e. The maximum absolute atomic E-state index is 12.6. The molecule has 23 heavy (non-hydrogen) atoms. The maximum Gasteiger partial charge on any atom is 0.257 e. The lowest BCUT2D eigenvalue weighted by Gasteiger charge is -2.36. The number of para-hydroxylation sites is 2. The van der Waals surface area contributed by atoms with E-state index in [1.54, 1.807) is 18.0 Å². The molecule has 3 rings (SSSR count). The SMILES string of the molecule is COc1ccccc1N1CCN(C(=O)c2cnn(C)c2C)CC1. The minimum Gasteiger partial charge on any atom is -0.495 e. The van der Waals surface area contributed by atoms with E-state index < -0.39 is 0 Å². The van der Waals surface area contributed by atoms with Crippen LogP contribution in [0.25, 0.3) is 0 Å². The normalized spacial score (nSPS) is 14.9. The summed E-state index contributed by atoms with van der Waals surface area (Å²) in [5, 5.41) is 4.16. The van der Waals surface area contributed by atoms with Gasteiger partial charge in [0, 0.05) is 38.9 Å². The van der Waals surface area contributed by atoms with Gasteiger partial charge in [-0.3, -0.25) is 9.48 Å². The number of aryl methyl sites for hydroxylation is 1. The van der Waals surface area contributed by atoms with Crippen molar-refractivity contribution < 1.29 is 9.53 Å². The summed E-state index contributed by atoms with van der Waals surface area (Å²) in [5.74, 6) is 0.936. The molecule has 2 aromatic rings. The molecular weight excluding hydrogens is 292 g/mol. The standard InChI is InChI=1S/C17H22N4O2/c1-13-14(12-18-19(13)2)17(22)21-10-8-20(9-11-21)15-6-4-5-7-16(15)23-3/h4-7,12H,8-11H2,1-3H3. The summed E-state index contributed by atoms with van der Waals surface area (Å²) in [4.78, 5) is 16.8. The van der Waals surface area contributed by atoms with Crippen molar-refractivity contribution in [3.63, 3.8) is 0 Å². The van der Waals surface area contributed by atoms with Gasteiger partial charge >= 0.3 is 0 Å². The van der Waals surface area contributed by atoms with Gasteiger partial charge in [0.1, 0.15) is 5.75 Å². The fourth-order valence-electron chi connectivity index (χ4n) is 2.92. The molecule has 0 radical (unpaired) electrons. The maximum atomic E-state index is 12.6. The molecule has 1 saturated heterocycles. The molecule has 2 heterocycles. The second kappa shape index (κ2) is 6.32. The van der Waals surface area contributed by atoms with Crippen molar-refractivity contribution in [2.45, 2.75) is 6.92 Å². The van der Waals surface area contributed by atoms with Gasteiger partial charge in [0.25, 0.3) is 5.91 Å². The lowest BCUT2D eigenvalue weighted by molar-refractivity contribution is 0.0746. The number of amides is 1. The molecule has 0 spiro atoms. The van der Waals surface area contributed by atoms with Crippen LogP contribution in [0.15, 0.2) is 30.5 Å². The Hall–Kier alpha value is -2.50. The number of ether oxygens (including phenoxy) is 1. The van der Waals surface area contributed by atoms with E-state index in [0.29, 0.717) is 18.7 Å². The number of methoxy groups -OCH3 is 1. The molecule has 6 heteroatoms. The fourth-order valence-corrected chi connectivity index (χ4v) is 2.92. The highest BCUT2D eigenvalue weighted by molar-refractivity contribution is 5.95. The van der Waals surface area contributed by atoms with Crippen LogP contribution in [0.3, 0.4) is 0 Å². The molecule has 6 nitrogen and oxygen atoms in total. The highest BCUT2D eigenvalue weighted by Crippen LogP contribution is 2.28. The summed E-state index contributed by atoms with van der Waals surface area (Å²) >= 11 is 0. The average Bonchev–Trinajstić information content (AvgIpc) is 2.93. The summed E-state index contributed by atoms with van der Waals surface area (Å²) in [5.41, 5.74) is 2.68. The summed E-state index contributed by atoms with van der Waals surface area (Å²) in [7, 11) is 3.54. The van der Waals surface area contributed by atoms with E-state index in [1.165, 1.54) is 0 Å². The molecular formula is C17H22N4O2. The van der Waals surface area contributed by atoms with Crippen LogP contribution in [0.1, 0.15) is 16.1 Å². The second-order valence-corrected chi connectivity index (χ2v) is 5.72. The van der Waals surface area contributed by atoms with Crippen molar-refractivity contribution in [2.75, 3.05) is 38.2 Å². The Kier molecular flexibility index (Phi) is 4.23. The molecule has 1 amide bonds. The predicted molar refractivity (Wildman–Crippen MR) is 89.1 cm³/mol. The number of anilines is 1. The second-order valence-electron chi connectivity index (χ2n) is 5.72. The first-order valence-electron chi connectivity index (χ1n) is 7.77. The smallest absolute Gasteiger partial charge is 0.257 e. The lowest BCUT2D eigenvalue weighted by atomic mass is 10.2. The van der Waals surface area contributed by atoms with Crippen molar-refractivity contribution in [3.8, 4) is 5.75 Å². The van der Waals surface area contributed by atoms with E-state index in [1.807, 2.05) is 37.1 Å². The third-order valence-corrected chi connectivity index (χ3v) is 4.46. The molecule has 1 fully saturated rings. The van der Waals surface area contributed by atoms with Gasteiger partial charge in [0.05, 0.1) is 24.6 Å². The molecule has 1 aromatic carbocycles. The third-order valence-electron chi connectivity index (χ3n) is 4.46. The van der Waals surface area contributed by atoms with Crippen LogP contribution in [-0.2, 0) is 7.05 Å². The third kappa shape index (κ3) is 2.88. The van der Waals surface area contributed by atoms with E-state index in [2.05, 4.69) is 16.1 Å². The van der Waals surface area contributed by atoms with Crippen molar-refractivity contribution in [3.05, 3.63) is 41.7 Å². The first kappa shape index (κ1) is 15.4. The highest BCUT2D eigenvalue weighted by atomic mass is 16.5. The van der Waals surface area contributed by atoms with E-state index in [-0.39, 0.29) is 5.91 Å². The molecule has 1 aromatic heterocycles. The predicted octanol–water partition coefficient (Wildman–Crippen LogP) is 1.70. The Bertz CT molecular complexity index is 702. The van der Waals surface area contributed by atoms with E-state index in [0.717, 1.165) is 30.2 Å². The van der Waals surface area contributed by atoms with Gasteiger partial charge in [0.2, 0.25) is 0 Å². The number of carbonyl (C=O) groups excluding carboxylic acids is 1. The Balaban J connectivity index is 1.69. The molecule has 0 saturated carbocycles. The number of carbonyl (C=O) groups is 1. The lowest BCUT2D eigenvalue weighted by Crippen LogP contribution is -2.49. The first-order chi connectivity index (χ1) is 11.1. The van der Waals surface area contributed by atoms with Gasteiger partial charge in [-0.25, -0.2) is 0 Å². The summed E-state index contributed by atoms with van der Waals surface area (Å²) in [6.07, 6.45) is 1.66. The summed E-state index contributed by atoms with van der Waals surface area (Å²) in [6, 6.07) is 8.00. The average molecular weight is 314 g/mol. The zero-order chi connectivity index (χ0) is 16.4. The molecule has 1 aliphatic heterocycles. The van der Waals surface area contributed by atoms with E-state index >= 15 is 0 Å². The molecule has 1 aliphatic rings. The number of benzene rings is 1. The number of hydrogen-bond acceptors (Lipinski definition) is 4. The zero-order valence-corrected chi connectivity index (χ0v) is 13.8. The number of rotatable bonds is 3. The topological polar surface area (TPSA) is 50.6 Å². The van der Waals surface area contributed by atoms with Crippen molar-refractivity contribution >= 4 is 11.6 Å². The van der Waals surface area contributed by atoms with Crippen LogP contribution >= 0.6 is 0 Å². The molecule has 0 bridgehead atoms. The Labute approximate surface area is 136 Å². The number of piperazine rings is 1. The van der Waals surface area contributed by atoms with Gasteiger partial charge in [0.15, 0.2) is 0 Å². The van der Waals surface area contributed by atoms with Crippen LogP contribution in [0, 0.1) is 6.92 Å². The van der Waals surface area contributed by atoms with Crippen molar-refractivity contribution in [1.29, 1.82) is 0 Å². The minimum atomic E-state index is 0.0651. The van der Waals surface area contributed by atoms with Crippen molar-refractivity contribution in [2.24, 2.45) is 7.05 Å². The number of nitrogens with zero attached hydrogens (tertiary/aromatic N) is 4. The van der Waals surface area contributed by atoms with Gasteiger partial charge in [-0.1, -0.05) is 12.1 Å². The van der Waals surface area contributed by atoms with Crippen LogP contribution in [0.2, 0.25) is 0 Å². The van der Waals surface area contributed by atoms with Gasteiger partial charge in [-0.15, -0.1) is 0 Å². The van der Waals surface area contributed by atoms with Crippen LogP contribution in [0.4, 0.5) is 5.69 Å². The molecule has 122 valence electrons. The van der Waals surface area contributed by atoms with E-state index in [9.17, 15) is 4.79 Å². The van der Waals surface area contributed by atoms with Crippen LogP contribution in [-0.4, -0.2) is 53.9 Å². The zero-order valence-electron chi connectivity index (χ0n) is 13.8.